The number of rotatable bonds is 7. The average molecular weight is 207 g/mol. The Bertz CT molecular complexity index is 291. The molecule has 2 N–H and O–H groups in total. The van der Waals surface area contributed by atoms with Crippen LogP contribution in [-0.4, -0.2) is 9.78 Å². The zero-order chi connectivity index (χ0) is 11.1. The van der Waals surface area contributed by atoms with Crippen molar-refractivity contribution in [3.63, 3.8) is 0 Å². The zero-order valence-corrected chi connectivity index (χ0v) is 9.52. The molecule has 0 saturated carbocycles. The van der Waals surface area contributed by atoms with Crippen molar-refractivity contribution in [2.75, 3.05) is 0 Å². The van der Waals surface area contributed by atoms with E-state index >= 15 is 0 Å². The molecule has 1 rings (SSSR count). The average Bonchev–Trinajstić information content (AvgIpc) is 2.64. The highest BCUT2D eigenvalue weighted by Crippen LogP contribution is 2.16. The molecule has 1 atom stereocenters. The van der Waals surface area contributed by atoms with E-state index in [-0.39, 0.29) is 6.04 Å². The summed E-state index contributed by atoms with van der Waals surface area (Å²) >= 11 is 0. The lowest BCUT2D eigenvalue weighted by Gasteiger charge is -2.11. The minimum absolute atomic E-state index is 0.126. The molecule has 0 amide bonds. The molecule has 0 radical (unpaired) electrons. The van der Waals surface area contributed by atoms with Gasteiger partial charge in [0.05, 0.1) is 5.69 Å². The summed E-state index contributed by atoms with van der Waals surface area (Å²) in [5.74, 6) is 0. The number of allylic oxidation sites excluding steroid dienone is 1. The number of nitrogens with zero attached hydrogens (tertiary/aromatic N) is 2. The van der Waals surface area contributed by atoms with Crippen LogP contribution in [0.25, 0.3) is 0 Å². The monoisotopic (exact) mass is 207 g/mol. The van der Waals surface area contributed by atoms with Crippen molar-refractivity contribution in [3.8, 4) is 0 Å². The molecule has 1 heterocycles. The number of aromatic nitrogens is 2. The smallest absolute Gasteiger partial charge is 0.0548 e. The van der Waals surface area contributed by atoms with Crippen molar-refractivity contribution < 1.29 is 0 Å². The maximum atomic E-state index is 6.07. The number of unbranched alkanes of at least 4 members (excludes halogenated alkanes) is 3. The molecule has 3 nitrogen and oxygen atoms in total. The summed E-state index contributed by atoms with van der Waals surface area (Å²) in [6.07, 6.45) is 9.56. The van der Waals surface area contributed by atoms with E-state index in [1.165, 1.54) is 19.3 Å². The van der Waals surface area contributed by atoms with Crippen LogP contribution >= 0.6 is 0 Å². The van der Waals surface area contributed by atoms with Crippen molar-refractivity contribution in [1.82, 2.24) is 9.78 Å². The third-order valence-corrected chi connectivity index (χ3v) is 2.66. The lowest BCUT2D eigenvalue weighted by Crippen LogP contribution is -2.14. The van der Waals surface area contributed by atoms with Crippen LogP contribution in [0.2, 0.25) is 0 Å². The molecule has 0 fully saturated rings. The van der Waals surface area contributed by atoms with Gasteiger partial charge < -0.3 is 5.73 Å². The molecular weight excluding hydrogens is 186 g/mol. The van der Waals surface area contributed by atoms with E-state index < -0.39 is 0 Å². The van der Waals surface area contributed by atoms with Gasteiger partial charge in [-0.25, -0.2) is 0 Å². The minimum Gasteiger partial charge on any atom is -0.323 e. The summed E-state index contributed by atoms with van der Waals surface area (Å²) in [4.78, 5) is 0. The van der Waals surface area contributed by atoms with Crippen molar-refractivity contribution >= 4 is 0 Å². The Morgan fingerprint density at radius 1 is 1.53 bits per heavy atom. The highest BCUT2D eigenvalue weighted by atomic mass is 15.3. The first-order valence-corrected chi connectivity index (χ1v) is 5.60. The Hall–Kier alpha value is -1.09. The van der Waals surface area contributed by atoms with Crippen LogP contribution in [0, 0.1) is 0 Å². The summed E-state index contributed by atoms with van der Waals surface area (Å²) in [6, 6.07) is 2.12. The van der Waals surface area contributed by atoms with Crippen LogP contribution < -0.4 is 5.73 Å². The third kappa shape index (κ3) is 3.88. The highest BCUT2D eigenvalue weighted by Gasteiger charge is 2.08. The van der Waals surface area contributed by atoms with Crippen molar-refractivity contribution in [2.45, 2.75) is 38.1 Å². The maximum absolute atomic E-state index is 6.07. The van der Waals surface area contributed by atoms with Gasteiger partial charge in [-0.15, -0.1) is 6.58 Å². The van der Waals surface area contributed by atoms with Gasteiger partial charge in [-0.1, -0.05) is 18.9 Å². The molecule has 0 bridgehead atoms. The first-order chi connectivity index (χ1) is 7.25. The van der Waals surface area contributed by atoms with Gasteiger partial charge >= 0.3 is 0 Å². The predicted octanol–water partition coefficient (Wildman–Crippen LogP) is 2.56. The van der Waals surface area contributed by atoms with Gasteiger partial charge in [0.1, 0.15) is 0 Å². The molecule has 1 aromatic rings. The largest absolute Gasteiger partial charge is 0.323 e. The SMILES string of the molecule is C=CCCCCCC(N)c1ccnn1C. The number of aryl methyl sites for hydroxylation is 1. The van der Waals surface area contributed by atoms with Crippen LogP contribution in [0.4, 0.5) is 0 Å². The normalized spacial score (nSPS) is 12.7. The van der Waals surface area contributed by atoms with Gasteiger partial charge in [0.15, 0.2) is 0 Å². The van der Waals surface area contributed by atoms with E-state index in [1.54, 1.807) is 6.20 Å². The fourth-order valence-electron chi connectivity index (χ4n) is 1.73. The van der Waals surface area contributed by atoms with Gasteiger partial charge in [0.25, 0.3) is 0 Å². The lowest BCUT2D eigenvalue weighted by atomic mass is 10.1. The van der Waals surface area contributed by atoms with E-state index in [4.69, 9.17) is 5.73 Å². The van der Waals surface area contributed by atoms with Crippen molar-refractivity contribution in [1.29, 1.82) is 0 Å². The molecule has 0 aliphatic carbocycles. The Kier molecular flexibility index (Phi) is 5.12. The summed E-state index contributed by atoms with van der Waals surface area (Å²) in [5, 5.41) is 4.12. The van der Waals surface area contributed by atoms with E-state index in [1.807, 2.05) is 23.9 Å². The number of nitrogens with two attached hydrogens (primary N) is 1. The molecule has 15 heavy (non-hydrogen) atoms. The van der Waals surface area contributed by atoms with Gasteiger partial charge in [0.2, 0.25) is 0 Å². The van der Waals surface area contributed by atoms with Gasteiger partial charge in [-0.05, 0) is 25.3 Å². The Morgan fingerprint density at radius 3 is 2.93 bits per heavy atom. The van der Waals surface area contributed by atoms with Gasteiger partial charge in [-0.2, -0.15) is 5.10 Å². The summed E-state index contributed by atoms with van der Waals surface area (Å²) in [7, 11) is 1.94. The Morgan fingerprint density at radius 2 is 2.33 bits per heavy atom. The third-order valence-electron chi connectivity index (χ3n) is 2.66. The predicted molar refractivity (Wildman–Crippen MR) is 63.4 cm³/mol. The molecule has 0 aliphatic heterocycles. The second-order valence-corrected chi connectivity index (χ2v) is 3.91. The fraction of sp³-hybridized carbons (Fsp3) is 0.583. The van der Waals surface area contributed by atoms with E-state index in [2.05, 4.69) is 11.7 Å². The van der Waals surface area contributed by atoms with Gasteiger partial charge in [-0.3, -0.25) is 4.68 Å². The topological polar surface area (TPSA) is 43.8 Å². The molecular formula is C12H21N3. The maximum Gasteiger partial charge on any atom is 0.0548 e. The highest BCUT2D eigenvalue weighted by molar-refractivity contribution is 5.05. The van der Waals surface area contributed by atoms with Gasteiger partial charge in [0, 0.05) is 19.3 Å². The van der Waals surface area contributed by atoms with Crippen LogP contribution in [0.3, 0.4) is 0 Å². The second kappa shape index (κ2) is 6.40. The summed E-state index contributed by atoms with van der Waals surface area (Å²) in [6.45, 7) is 3.71. The minimum atomic E-state index is 0.126. The van der Waals surface area contributed by atoms with E-state index in [9.17, 15) is 0 Å². The summed E-state index contributed by atoms with van der Waals surface area (Å²) < 4.78 is 1.86. The summed E-state index contributed by atoms with van der Waals surface area (Å²) in [5.41, 5.74) is 7.20. The molecule has 0 aliphatic rings. The fourth-order valence-corrected chi connectivity index (χ4v) is 1.73. The molecule has 0 saturated heterocycles. The Labute approximate surface area is 92.0 Å². The van der Waals surface area contributed by atoms with E-state index in [0.29, 0.717) is 0 Å². The molecule has 0 spiro atoms. The first kappa shape index (κ1) is 12.0. The lowest BCUT2D eigenvalue weighted by molar-refractivity contribution is 0.537. The van der Waals surface area contributed by atoms with E-state index in [0.717, 1.165) is 18.5 Å². The van der Waals surface area contributed by atoms with Crippen molar-refractivity contribution in [3.05, 3.63) is 30.6 Å². The number of hydrogen-bond acceptors (Lipinski definition) is 2. The van der Waals surface area contributed by atoms with Crippen LogP contribution in [0.5, 0.6) is 0 Å². The van der Waals surface area contributed by atoms with Crippen LogP contribution in [-0.2, 0) is 7.05 Å². The van der Waals surface area contributed by atoms with Crippen LogP contribution in [0.15, 0.2) is 24.9 Å². The second-order valence-electron chi connectivity index (χ2n) is 3.91. The van der Waals surface area contributed by atoms with Crippen molar-refractivity contribution in [2.24, 2.45) is 12.8 Å². The Balaban J connectivity index is 2.22. The molecule has 1 unspecified atom stereocenters. The standard InChI is InChI=1S/C12H21N3/c1-3-4-5-6-7-8-11(13)12-9-10-14-15(12)2/h3,9-11H,1,4-8,13H2,2H3. The number of hydrogen-bond donors (Lipinski definition) is 1. The first-order valence-electron chi connectivity index (χ1n) is 5.60. The molecule has 0 aromatic carbocycles. The zero-order valence-electron chi connectivity index (χ0n) is 9.52. The quantitative estimate of drug-likeness (QED) is 0.551. The van der Waals surface area contributed by atoms with Crippen LogP contribution in [0.1, 0.15) is 43.8 Å². The molecule has 1 aromatic heterocycles. The molecule has 84 valence electrons. The molecule has 3 heteroatoms.